The van der Waals surface area contributed by atoms with Crippen LogP contribution >= 0.6 is 0 Å². The highest BCUT2D eigenvalue weighted by molar-refractivity contribution is 6.00. The topological polar surface area (TPSA) is 63.7 Å². The second kappa shape index (κ2) is 2.80. The number of esters is 1. The number of carbonyl (C=O) groups is 3. The van der Waals surface area contributed by atoms with Gasteiger partial charge >= 0.3 is 12.1 Å². The molecule has 5 nitrogen and oxygen atoms in total. The molecule has 14 heavy (non-hydrogen) atoms. The zero-order chi connectivity index (χ0) is 10.5. The minimum absolute atomic E-state index is 0.0463. The van der Waals surface area contributed by atoms with Crippen molar-refractivity contribution in [2.75, 3.05) is 0 Å². The van der Waals surface area contributed by atoms with Crippen LogP contribution in [0.15, 0.2) is 0 Å². The van der Waals surface area contributed by atoms with Gasteiger partial charge in [-0.1, -0.05) is 0 Å². The Morgan fingerprint density at radius 1 is 1.29 bits per heavy atom. The van der Waals surface area contributed by atoms with E-state index in [0.29, 0.717) is 6.42 Å². The zero-order valence-electron chi connectivity index (χ0n) is 8.02. The molecule has 0 saturated carbocycles. The molecular weight excluding hydrogens is 186 g/mol. The van der Waals surface area contributed by atoms with E-state index in [1.807, 2.05) is 0 Å². The normalized spacial score (nSPS) is 37.1. The van der Waals surface area contributed by atoms with Gasteiger partial charge in [-0.3, -0.25) is 14.5 Å². The van der Waals surface area contributed by atoms with Crippen LogP contribution < -0.4 is 0 Å². The molecule has 2 aliphatic rings. The molecule has 5 heteroatoms. The van der Waals surface area contributed by atoms with Gasteiger partial charge in [0.2, 0.25) is 0 Å². The number of cyclic esters (lactones) is 2. The van der Waals surface area contributed by atoms with Crippen LogP contribution in [0.2, 0.25) is 0 Å². The molecule has 0 unspecified atom stereocenters. The molecule has 0 bridgehead atoms. The summed E-state index contributed by atoms with van der Waals surface area (Å²) in [4.78, 5) is 35.4. The van der Waals surface area contributed by atoms with Crippen LogP contribution in [0.5, 0.6) is 0 Å². The van der Waals surface area contributed by atoms with Crippen LogP contribution in [0.3, 0.4) is 0 Å². The van der Waals surface area contributed by atoms with Crippen LogP contribution in [-0.2, 0) is 14.3 Å². The molecule has 0 aromatic rings. The van der Waals surface area contributed by atoms with E-state index in [-0.39, 0.29) is 11.8 Å². The van der Waals surface area contributed by atoms with Crippen molar-refractivity contribution in [1.82, 2.24) is 4.90 Å². The summed E-state index contributed by atoms with van der Waals surface area (Å²) in [6, 6.07) is -0.755. The molecule has 0 radical (unpaired) electrons. The fourth-order valence-electron chi connectivity index (χ4n) is 2.11. The molecule has 76 valence electrons. The van der Waals surface area contributed by atoms with Gasteiger partial charge < -0.3 is 4.74 Å². The average molecular weight is 197 g/mol. The number of hydrogen-bond acceptors (Lipinski definition) is 4. The van der Waals surface area contributed by atoms with E-state index in [0.717, 1.165) is 0 Å². The lowest BCUT2D eigenvalue weighted by Gasteiger charge is -2.33. The maximum absolute atomic E-state index is 11.5. The average Bonchev–Trinajstić information content (AvgIpc) is 2.38. The van der Waals surface area contributed by atoms with Gasteiger partial charge in [-0.25, -0.2) is 4.79 Å². The van der Waals surface area contributed by atoms with Gasteiger partial charge in [0.15, 0.2) is 5.78 Å². The second-order valence-electron chi connectivity index (χ2n) is 3.85. The summed E-state index contributed by atoms with van der Waals surface area (Å²) >= 11 is 0. The van der Waals surface area contributed by atoms with E-state index < -0.39 is 24.0 Å². The predicted molar refractivity (Wildman–Crippen MR) is 45.4 cm³/mol. The zero-order valence-corrected chi connectivity index (χ0v) is 8.02. The standard InChI is InChI=1S/C9H11NO4/c1-4-3-6(11)7-5(2)8(12)14-9(13)10(4)7/h4-5,7H,3H2,1-2H3/t4-,5+,7-/m0/s1. The number of rotatable bonds is 0. The molecular formula is C9H11NO4. The lowest BCUT2D eigenvalue weighted by atomic mass is 9.98. The van der Waals surface area contributed by atoms with Crippen molar-refractivity contribution < 1.29 is 19.1 Å². The summed E-state index contributed by atoms with van der Waals surface area (Å²) in [5.74, 6) is -1.18. The molecule has 2 aliphatic heterocycles. The number of ketones is 1. The van der Waals surface area contributed by atoms with E-state index in [1.54, 1.807) is 13.8 Å². The number of ether oxygens (including phenoxy) is 1. The highest BCUT2D eigenvalue weighted by atomic mass is 16.6. The predicted octanol–water partition coefficient (Wildman–Crippen LogP) is 0.331. The van der Waals surface area contributed by atoms with Crippen molar-refractivity contribution in [3.05, 3.63) is 0 Å². The summed E-state index contributed by atoms with van der Waals surface area (Å²) in [6.07, 6.45) is -0.367. The molecule has 2 heterocycles. The van der Waals surface area contributed by atoms with Gasteiger partial charge in [-0.15, -0.1) is 0 Å². The monoisotopic (exact) mass is 197 g/mol. The summed E-state index contributed by atoms with van der Waals surface area (Å²) in [6.45, 7) is 3.39. The van der Waals surface area contributed by atoms with Crippen LogP contribution in [0.25, 0.3) is 0 Å². The summed E-state index contributed by atoms with van der Waals surface area (Å²) < 4.78 is 4.53. The van der Waals surface area contributed by atoms with E-state index in [4.69, 9.17) is 0 Å². The number of fused-ring (bicyclic) bond motifs is 1. The highest BCUT2D eigenvalue weighted by Gasteiger charge is 2.51. The Bertz CT molecular complexity index is 325. The molecule has 0 aliphatic carbocycles. The largest absolute Gasteiger partial charge is 0.418 e. The van der Waals surface area contributed by atoms with Crippen molar-refractivity contribution in [3.8, 4) is 0 Å². The van der Waals surface area contributed by atoms with E-state index >= 15 is 0 Å². The van der Waals surface area contributed by atoms with Crippen LogP contribution in [0, 0.1) is 5.92 Å². The van der Waals surface area contributed by atoms with Crippen molar-refractivity contribution in [3.63, 3.8) is 0 Å². The third kappa shape index (κ3) is 1.05. The fourth-order valence-corrected chi connectivity index (χ4v) is 2.11. The van der Waals surface area contributed by atoms with Gasteiger partial charge in [0, 0.05) is 12.5 Å². The Kier molecular flexibility index (Phi) is 1.83. The van der Waals surface area contributed by atoms with Crippen molar-refractivity contribution >= 4 is 17.8 Å². The van der Waals surface area contributed by atoms with Crippen molar-refractivity contribution in [2.24, 2.45) is 5.92 Å². The van der Waals surface area contributed by atoms with Crippen LogP contribution in [0.4, 0.5) is 4.79 Å². The van der Waals surface area contributed by atoms with Crippen LogP contribution in [0.1, 0.15) is 20.3 Å². The lowest BCUT2D eigenvalue weighted by molar-refractivity contribution is -0.151. The second-order valence-corrected chi connectivity index (χ2v) is 3.85. The molecule has 1 amide bonds. The van der Waals surface area contributed by atoms with E-state index in [9.17, 15) is 14.4 Å². The first-order valence-electron chi connectivity index (χ1n) is 4.59. The van der Waals surface area contributed by atoms with E-state index in [2.05, 4.69) is 4.74 Å². The Labute approximate surface area is 81.0 Å². The summed E-state index contributed by atoms with van der Waals surface area (Å²) in [5, 5.41) is 0. The van der Waals surface area contributed by atoms with Gasteiger partial charge in [-0.05, 0) is 13.8 Å². The Morgan fingerprint density at radius 3 is 2.57 bits per heavy atom. The van der Waals surface area contributed by atoms with Crippen molar-refractivity contribution in [2.45, 2.75) is 32.4 Å². The van der Waals surface area contributed by atoms with Gasteiger partial charge in [-0.2, -0.15) is 0 Å². The molecule has 3 atom stereocenters. The Morgan fingerprint density at radius 2 is 1.93 bits per heavy atom. The molecule has 2 fully saturated rings. The lowest BCUT2D eigenvalue weighted by Crippen LogP contribution is -2.53. The summed E-state index contributed by atoms with van der Waals surface area (Å²) in [5.41, 5.74) is 0. The van der Waals surface area contributed by atoms with Gasteiger partial charge in [0.1, 0.15) is 6.04 Å². The smallest absolute Gasteiger partial charge is 0.376 e. The fraction of sp³-hybridized carbons (Fsp3) is 0.667. The first kappa shape index (κ1) is 9.18. The Balaban J connectivity index is 2.36. The highest BCUT2D eigenvalue weighted by Crippen LogP contribution is 2.31. The minimum Gasteiger partial charge on any atom is -0.376 e. The van der Waals surface area contributed by atoms with Gasteiger partial charge in [0.05, 0.1) is 5.92 Å². The molecule has 2 rings (SSSR count). The van der Waals surface area contributed by atoms with Gasteiger partial charge in [0.25, 0.3) is 0 Å². The SMILES string of the molecule is C[C@H]1C(=O)OC(=O)N2[C@@H]1C(=O)C[C@@H]2C. The maximum Gasteiger partial charge on any atom is 0.418 e. The number of hydrogen-bond donors (Lipinski definition) is 0. The number of carbonyl (C=O) groups excluding carboxylic acids is 3. The molecule has 2 saturated heterocycles. The maximum atomic E-state index is 11.5. The minimum atomic E-state index is -0.684. The molecule has 0 N–H and O–H groups in total. The molecule has 0 aromatic heterocycles. The molecule has 0 spiro atoms. The third-order valence-corrected chi connectivity index (χ3v) is 2.85. The first-order chi connectivity index (χ1) is 6.52. The number of Topliss-reactive ketones (excluding diaryl/α,β-unsaturated/α-hetero) is 1. The van der Waals surface area contributed by atoms with Crippen LogP contribution in [-0.4, -0.2) is 34.8 Å². The first-order valence-corrected chi connectivity index (χ1v) is 4.59. The number of nitrogens with zero attached hydrogens (tertiary/aromatic N) is 1. The number of amides is 1. The van der Waals surface area contributed by atoms with Crippen molar-refractivity contribution in [1.29, 1.82) is 0 Å². The summed E-state index contributed by atoms with van der Waals surface area (Å²) in [7, 11) is 0. The third-order valence-electron chi connectivity index (χ3n) is 2.85. The quantitative estimate of drug-likeness (QED) is 0.414. The molecule has 0 aromatic carbocycles. The van der Waals surface area contributed by atoms with E-state index in [1.165, 1.54) is 4.90 Å². The Hall–Kier alpha value is -1.39.